The van der Waals surface area contributed by atoms with E-state index in [2.05, 4.69) is 10.2 Å². The lowest BCUT2D eigenvalue weighted by molar-refractivity contribution is -0.147. The van der Waals surface area contributed by atoms with Gasteiger partial charge in [-0.2, -0.15) is 0 Å². The van der Waals surface area contributed by atoms with Gasteiger partial charge in [0, 0.05) is 13.1 Å². The predicted molar refractivity (Wildman–Crippen MR) is 44.3 cm³/mol. The Balaban J connectivity index is 2.50. The van der Waals surface area contributed by atoms with E-state index in [-0.39, 0.29) is 18.4 Å². The first kappa shape index (κ1) is 9.94. The number of carbonyl (C=O) groups excluding carboxylic acids is 2. The highest BCUT2D eigenvalue weighted by Gasteiger charge is 2.25. The molecule has 1 aliphatic heterocycles. The first-order chi connectivity index (χ1) is 6.15. The zero-order chi connectivity index (χ0) is 9.84. The molecule has 1 aliphatic rings. The van der Waals surface area contributed by atoms with Crippen molar-refractivity contribution >= 4 is 11.8 Å². The van der Waals surface area contributed by atoms with Gasteiger partial charge in [0.05, 0.1) is 6.54 Å². The molecule has 1 rings (SSSR count). The van der Waals surface area contributed by atoms with Crippen molar-refractivity contribution in [3.8, 4) is 0 Å². The highest BCUT2D eigenvalue weighted by Crippen LogP contribution is 1.99. The second kappa shape index (κ2) is 4.20. The number of piperazine rings is 1. The SMILES string of the molecule is CC(ON)C(=O)N1CCNC(=O)C1. The average Bonchev–Trinajstić information content (AvgIpc) is 2.15. The summed E-state index contributed by atoms with van der Waals surface area (Å²) in [5.74, 6) is 4.46. The van der Waals surface area contributed by atoms with Gasteiger partial charge in [-0.3, -0.25) is 14.4 Å². The Morgan fingerprint density at radius 1 is 1.77 bits per heavy atom. The number of carbonyl (C=O) groups is 2. The third-order valence-electron chi connectivity index (χ3n) is 1.90. The maximum atomic E-state index is 11.4. The molecule has 6 nitrogen and oxygen atoms in total. The molecule has 1 fully saturated rings. The highest BCUT2D eigenvalue weighted by molar-refractivity contribution is 5.87. The lowest BCUT2D eigenvalue weighted by Crippen LogP contribution is -2.52. The van der Waals surface area contributed by atoms with E-state index in [1.165, 1.54) is 4.90 Å². The Morgan fingerprint density at radius 2 is 2.46 bits per heavy atom. The molecule has 0 bridgehead atoms. The van der Waals surface area contributed by atoms with Gasteiger partial charge >= 0.3 is 0 Å². The van der Waals surface area contributed by atoms with Crippen molar-refractivity contribution in [2.45, 2.75) is 13.0 Å². The van der Waals surface area contributed by atoms with Crippen LogP contribution in [0.3, 0.4) is 0 Å². The van der Waals surface area contributed by atoms with Gasteiger partial charge in [-0.1, -0.05) is 0 Å². The van der Waals surface area contributed by atoms with Crippen LogP contribution in [0.4, 0.5) is 0 Å². The Labute approximate surface area is 76.0 Å². The van der Waals surface area contributed by atoms with E-state index in [1.807, 2.05) is 0 Å². The molecule has 13 heavy (non-hydrogen) atoms. The molecule has 6 heteroatoms. The smallest absolute Gasteiger partial charge is 0.254 e. The molecule has 1 unspecified atom stereocenters. The third-order valence-corrected chi connectivity index (χ3v) is 1.90. The maximum absolute atomic E-state index is 11.4. The van der Waals surface area contributed by atoms with Crippen molar-refractivity contribution in [2.24, 2.45) is 5.90 Å². The minimum Gasteiger partial charge on any atom is -0.353 e. The van der Waals surface area contributed by atoms with Gasteiger partial charge in [0.25, 0.3) is 5.91 Å². The number of amides is 2. The van der Waals surface area contributed by atoms with Gasteiger partial charge in [-0.25, -0.2) is 5.90 Å². The molecule has 3 N–H and O–H groups in total. The van der Waals surface area contributed by atoms with E-state index >= 15 is 0 Å². The number of rotatable bonds is 2. The summed E-state index contributed by atoms with van der Waals surface area (Å²) in [5.41, 5.74) is 0. The average molecular weight is 187 g/mol. The number of hydrogen-bond acceptors (Lipinski definition) is 4. The third kappa shape index (κ3) is 2.40. The van der Waals surface area contributed by atoms with E-state index in [0.29, 0.717) is 13.1 Å². The Hall–Kier alpha value is -1.14. The first-order valence-corrected chi connectivity index (χ1v) is 4.06. The molecule has 74 valence electrons. The molecule has 0 aromatic heterocycles. The number of nitrogens with two attached hydrogens (primary N) is 1. The van der Waals surface area contributed by atoms with Gasteiger partial charge in [-0.05, 0) is 6.92 Å². The standard InChI is InChI=1S/C7H13N3O3/c1-5(13-8)7(12)10-3-2-9-6(11)4-10/h5H,2-4,8H2,1H3,(H,9,11). The first-order valence-electron chi connectivity index (χ1n) is 4.06. The van der Waals surface area contributed by atoms with Crippen LogP contribution in [0, 0.1) is 0 Å². The lowest BCUT2D eigenvalue weighted by atomic mass is 10.3. The van der Waals surface area contributed by atoms with Crippen LogP contribution in [-0.4, -0.2) is 42.5 Å². The van der Waals surface area contributed by atoms with Crippen molar-refractivity contribution < 1.29 is 14.4 Å². The van der Waals surface area contributed by atoms with Crippen LogP contribution in [0.1, 0.15) is 6.92 Å². The molecule has 0 spiro atoms. The summed E-state index contributed by atoms with van der Waals surface area (Å²) in [6.07, 6.45) is -0.689. The summed E-state index contributed by atoms with van der Waals surface area (Å²) in [7, 11) is 0. The highest BCUT2D eigenvalue weighted by atomic mass is 16.6. The topological polar surface area (TPSA) is 84.7 Å². The summed E-state index contributed by atoms with van der Waals surface area (Å²) in [6, 6.07) is 0. The minimum absolute atomic E-state index is 0.0898. The maximum Gasteiger partial charge on any atom is 0.254 e. The normalized spacial score (nSPS) is 19.5. The summed E-state index contributed by atoms with van der Waals surface area (Å²) in [6.45, 7) is 2.64. The number of nitrogens with zero attached hydrogens (tertiary/aromatic N) is 1. The summed E-state index contributed by atoms with van der Waals surface area (Å²) in [4.78, 5) is 28.1. The van der Waals surface area contributed by atoms with Crippen molar-refractivity contribution in [2.75, 3.05) is 19.6 Å². The summed E-state index contributed by atoms with van der Waals surface area (Å²) < 4.78 is 0. The molecule has 1 heterocycles. The summed E-state index contributed by atoms with van der Waals surface area (Å²) >= 11 is 0. The quantitative estimate of drug-likeness (QED) is 0.501. The zero-order valence-corrected chi connectivity index (χ0v) is 7.45. The molecule has 1 atom stereocenters. The molecule has 0 aliphatic carbocycles. The van der Waals surface area contributed by atoms with Crippen LogP contribution >= 0.6 is 0 Å². The van der Waals surface area contributed by atoms with Crippen molar-refractivity contribution in [1.82, 2.24) is 10.2 Å². The molecule has 0 aromatic rings. The monoisotopic (exact) mass is 187 g/mol. The van der Waals surface area contributed by atoms with Gasteiger partial charge in [0.1, 0.15) is 0 Å². The van der Waals surface area contributed by atoms with Crippen LogP contribution in [0.5, 0.6) is 0 Å². The second-order valence-electron chi connectivity index (χ2n) is 2.89. The lowest BCUT2D eigenvalue weighted by Gasteiger charge is -2.28. The van der Waals surface area contributed by atoms with Gasteiger partial charge < -0.3 is 10.2 Å². The zero-order valence-electron chi connectivity index (χ0n) is 7.45. The molecule has 0 saturated carbocycles. The van der Waals surface area contributed by atoms with E-state index in [4.69, 9.17) is 5.90 Å². The van der Waals surface area contributed by atoms with E-state index in [0.717, 1.165) is 0 Å². The van der Waals surface area contributed by atoms with Gasteiger partial charge in [-0.15, -0.1) is 0 Å². The largest absolute Gasteiger partial charge is 0.353 e. The fourth-order valence-electron chi connectivity index (χ4n) is 1.14. The molecule has 2 amide bonds. The van der Waals surface area contributed by atoms with Crippen LogP contribution in [-0.2, 0) is 14.4 Å². The van der Waals surface area contributed by atoms with Crippen molar-refractivity contribution in [3.63, 3.8) is 0 Å². The Bertz CT molecular complexity index is 219. The minimum atomic E-state index is -0.689. The molecule has 0 radical (unpaired) electrons. The van der Waals surface area contributed by atoms with E-state index in [9.17, 15) is 9.59 Å². The Kier molecular flexibility index (Phi) is 3.21. The van der Waals surface area contributed by atoms with Gasteiger partial charge in [0.2, 0.25) is 5.91 Å². The van der Waals surface area contributed by atoms with Crippen LogP contribution in [0.15, 0.2) is 0 Å². The molecule has 0 aromatic carbocycles. The number of nitrogens with one attached hydrogen (secondary N) is 1. The molecular formula is C7H13N3O3. The fraction of sp³-hybridized carbons (Fsp3) is 0.714. The van der Waals surface area contributed by atoms with Gasteiger partial charge in [0.15, 0.2) is 6.10 Å². The predicted octanol–water partition coefficient (Wildman–Crippen LogP) is -1.78. The van der Waals surface area contributed by atoms with Crippen LogP contribution < -0.4 is 11.2 Å². The van der Waals surface area contributed by atoms with Crippen LogP contribution in [0.2, 0.25) is 0 Å². The molecular weight excluding hydrogens is 174 g/mol. The molecule has 1 saturated heterocycles. The summed E-state index contributed by atoms with van der Waals surface area (Å²) in [5, 5.41) is 2.62. The number of hydrogen-bond donors (Lipinski definition) is 2. The van der Waals surface area contributed by atoms with E-state index in [1.54, 1.807) is 6.92 Å². The van der Waals surface area contributed by atoms with Crippen molar-refractivity contribution in [3.05, 3.63) is 0 Å². The Morgan fingerprint density at radius 3 is 3.00 bits per heavy atom. The fourth-order valence-corrected chi connectivity index (χ4v) is 1.14. The van der Waals surface area contributed by atoms with Crippen LogP contribution in [0.25, 0.3) is 0 Å². The second-order valence-corrected chi connectivity index (χ2v) is 2.89. The van der Waals surface area contributed by atoms with E-state index < -0.39 is 6.10 Å². The van der Waals surface area contributed by atoms with Crippen molar-refractivity contribution in [1.29, 1.82) is 0 Å².